The summed E-state index contributed by atoms with van der Waals surface area (Å²) in [6, 6.07) is 7.24. The number of halogens is 2. The first-order valence-electron chi connectivity index (χ1n) is 12.2. The number of hydrogen-bond donors (Lipinski definition) is 2. The quantitative estimate of drug-likeness (QED) is 0.185. The van der Waals surface area contributed by atoms with E-state index in [2.05, 4.69) is 28.9 Å². The van der Waals surface area contributed by atoms with E-state index in [-0.39, 0.29) is 10.7 Å². The number of nitrogens with one attached hydrogen (secondary N) is 1. The van der Waals surface area contributed by atoms with E-state index in [0.29, 0.717) is 42.2 Å². The number of hydrogen-bond acceptors (Lipinski definition) is 7. The molecule has 3 rings (SSSR count). The molecular weight excluding hydrogens is 530 g/mol. The van der Waals surface area contributed by atoms with E-state index >= 15 is 0 Å². The molecule has 0 aliphatic carbocycles. The molecule has 0 saturated heterocycles. The molecule has 0 unspecified atom stereocenters. The van der Waals surface area contributed by atoms with Crippen molar-refractivity contribution in [2.45, 2.75) is 33.3 Å². The maximum absolute atomic E-state index is 14.5. The first-order chi connectivity index (χ1) is 18.7. The number of benzene rings is 2. The Labute approximate surface area is 229 Å². The van der Waals surface area contributed by atoms with Gasteiger partial charge in [0.15, 0.2) is 5.13 Å². The highest BCUT2D eigenvalue weighted by atomic mass is 32.1. The van der Waals surface area contributed by atoms with Crippen molar-refractivity contribution in [1.29, 1.82) is 0 Å². The second-order valence-corrected chi connectivity index (χ2v) is 9.42. The summed E-state index contributed by atoms with van der Waals surface area (Å²) >= 11 is 1.14. The Hall–Kier alpha value is -3.83. The Balaban J connectivity index is 1.78. The molecule has 0 atom stereocenters. The summed E-state index contributed by atoms with van der Waals surface area (Å²) < 4.78 is 45.3. The first kappa shape index (κ1) is 29.7. The van der Waals surface area contributed by atoms with Gasteiger partial charge in [0.1, 0.15) is 17.4 Å². The van der Waals surface area contributed by atoms with Gasteiger partial charge in [-0.25, -0.2) is 18.6 Å². The summed E-state index contributed by atoms with van der Waals surface area (Å²) in [6.45, 7) is 5.30. The molecule has 8 nitrogen and oxygen atoms in total. The lowest BCUT2D eigenvalue weighted by Crippen LogP contribution is -2.13. The largest absolute Gasteiger partial charge is 0.496 e. The van der Waals surface area contributed by atoms with E-state index in [1.807, 2.05) is 18.2 Å². The maximum atomic E-state index is 14.5. The van der Waals surface area contributed by atoms with Crippen LogP contribution < -0.4 is 10.1 Å². The number of carboxylic acids is 1. The van der Waals surface area contributed by atoms with Gasteiger partial charge in [-0.05, 0) is 24.1 Å². The number of rotatable bonds is 13. The third kappa shape index (κ3) is 7.39. The zero-order chi connectivity index (χ0) is 28.5. The number of ether oxygens (including phenoxy) is 3. The van der Waals surface area contributed by atoms with Crippen molar-refractivity contribution in [2.75, 3.05) is 26.1 Å². The smallest absolute Gasteiger partial charge is 0.371 e. The second kappa shape index (κ2) is 13.8. The fourth-order valence-corrected chi connectivity index (χ4v) is 4.52. The van der Waals surface area contributed by atoms with Crippen LogP contribution in [-0.4, -0.2) is 42.8 Å². The average Bonchev–Trinajstić information content (AvgIpc) is 3.38. The maximum Gasteiger partial charge on any atom is 0.371 e. The van der Waals surface area contributed by atoms with Gasteiger partial charge in [-0.2, -0.15) is 0 Å². The second-order valence-electron chi connectivity index (χ2n) is 8.56. The van der Waals surface area contributed by atoms with Crippen molar-refractivity contribution in [3.05, 3.63) is 69.8 Å². The van der Waals surface area contributed by atoms with Gasteiger partial charge < -0.3 is 19.3 Å². The number of aliphatic carboxylic acids is 1. The van der Waals surface area contributed by atoms with E-state index in [1.165, 1.54) is 0 Å². The van der Waals surface area contributed by atoms with Crippen LogP contribution in [0, 0.1) is 17.6 Å². The highest BCUT2D eigenvalue weighted by Gasteiger charge is 2.19. The predicted octanol–water partition coefficient (Wildman–Crippen LogP) is 6.37. The van der Waals surface area contributed by atoms with E-state index in [0.717, 1.165) is 49.0 Å². The first-order valence-corrected chi connectivity index (χ1v) is 13.1. The monoisotopic (exact) mass is 560 g/mol. The fourth-order valence-electron chi connectivity index (χ4n) is 3.82. The average molecular weight is 561 g/mol. The number of amides is 1. The van der Waals surface area contributed by atoms with E-state index in [1.54, 1.807) is 12.5 Å². The third-order valence-electron chi connectivity index (χ3n) is 6.11. The minimum absolute atomic E-state index is 0.213. The summed E-state index contributed by atoms with van der Waals surface area (Å²) in [5.74, 6) is -4.08. The third-order valence-corrected chi connectivity index (χ3v) is 6.87. The highest BCUT2D eigenvalue weighted by molar-refractivity contribution is 7.14. The van der Waals surface area contributed by atoms with Crippen LogP contribution in [0.4, 0.5) is 13.9 Å². The summed E-state index contributed by atoms with van der Waals surface area (Å²) in [5, 5.41) is 13.5. The fraction of sp³-hybridized carbons (Fsp3) is 0.321. The topological polar surface area (TPSA) is 107 Å². The van der Waals surface area contributed by atoms with Gasteiger partial charge >= 0.3 is 5.97 Å². The Morgan fingerprint density at radius 3 is 2.44 bits per heavy atom. The van der Waals surface area contributed by atoms with Crippen molar-refractivity contribution < 1.29 is 37.7 Å². The van der Waals surface area contributed by atoms with Crippen LogP contribution in [-0.2, 0) is 20.9 Å². The van der Waals surface area contributed by atoms with E-state index < -0.39 is 34.8 Å². The molecule has 2 N–H and O–H groups in total. The van der Waals surface area contributed by atoms with Crippen molar-refractivity contribution >= 4 is 34.4 Å². The van der Waals surface area contributed by atoms with Crippen molar-refractivity contribution in [1.82, 2.24) is 4.98 Å². The summed E-state index contributed by atoms with van der Waals surface area (Å²) in [4.78, 5) is 28.2. The lowest BCUT2D eigenvalue weighted by molar-refractivity contribution is -0.135. The van der Waals surface area contributed by atoms with Gasteiger partial charge in [0.2, 0.25) is 5.76 Å². The van der Waals surface area contributed by atoms with Crippen LogP contribution in [0.1, 0.15) is 48.2 Å². The zero-order valence-electron chi connectivity index (χ0n) is 22.0. The van der Waals surface area contributed by atoms with Crippen LogP contribution in [0.5, 0.6) is 5.75 Å². The van der Waals surface area contributed by atoms with Crippen LogP contribution in [0.2, 0.25) is 0 Å². The van der Waals surface area contributed by atoms with Gasteiger partial charge in [0, 0.05) is 40.3 Å². The van der Waals surface area contributed by atoms with Gasteiger partial charge in [-0.1, -0.05) is 38.8 Å². The summed E-state index contributed by atoms with van der Waals surface area (Å²) in [5.41, 5.74) is 1.17. The Morgan fingerprint density at radius 1 is 1.15 bits per heavy atom. The number of carbonyl (C=O) groups excluding carboxylic acids is 1. The number of thiazole rings is 1. The molecule has 0 bridgehead atoms. The van der Waals surface area contributed by atoms with Crippen LogP contribution in [0.15, 0.2) is 41.5 Å². The molecule has 1 amide bonds. The van der Waals surface area contributed by atoms with Gasteiger partial charge in [0.05, 0.1) is 26.5 Å². The number of carboxylic acid groups (broad SMARTS) is 1. The van der Waals surface area contributed by atoms with Gasteiger partial charge in [-0.3, -0.25) is 10.1 Å². The SMILES string of the molecule is CCC(CC)COCc1cccc(-c2csc(NC(=O)c3cc(F)c(/C=C(\OC)C(=O)O)c(F)c3)n2)c1OC. The molecule has 3 aromatic rings. The number of nitrogens with zero attached hydrogens (tertiary/aromatic N) is 1. The number of aromatic nitrogens is 1. The molecule has 0 fully saturated rings. The van der Waals surface area contributed by atoms with Crippen LogP contribution in [0.25, 0.3) is 17.3 Å². The molecule has 0 spiro atoms. The molecule has 39 heavy (non-hydrogen) atoms. The standard InChI is InChI=1S/C28H30F2N2O6S/c1-5-16(6-2)13-38-14-17-8-7-9-19(25(17)37-4)23-15-39-28(31-23)32-26(33)18-10-21(29)20(22(30)11-18)12-24(36-3)27(34)35/h7-12,15-16H,5-6,13-14H2,1-4H3,(H,34,35)(H,31,32,33)/b24-12-. The van der Waals surface area contributed by atoms with Crippen LogP contribution in [0.3, 0.4) is 0 Å². The number of para-hydroxylation sites is 1. The molecule has 1 aromatic heterocycles. The molecular formula is C28H30F2N2O6S. The lowest BCUT2D eigenvalue weighted by Gasteiger charge is -2.15. The van der Waals surface area contributed by atoms with Crippen molar-refractivity contribution in [3.63, 3.8) is 0 Å². The molecule has 0 aliphatic rings. The minimum atomic E-state index is -1.49. The molecule has 0 saturated carbocycles. The predicted molar refractivity (Wildman–Crippen MR) is 145 cm³/mol. The minimum Gasteiger partial charge on any atom is -0.496 e. The molecule has 1 heterocycles. The zero-order valence-corrected chi connectivity index (χ0v) is 22.9. The molecule has 11 heteroatoms. The Kier molecular flexibility index (Phi) is 10.5. The van der Waals surface area contributed by atoms with E-state index in [4.69, 9.17) is 14.6 Å². The lowest BCUT2D eigenvalue weighted by atomic mass is 10.1. The molecule has 208 valence electrons. The van der Waals surface area contributed by atoms with Crippen molar-refractivity contribution in [3.8, 4) is 17.0 Å². The summed E-state index contributed by atoms with van der Waals surface area (Å²) in [7, 11) is 2.63. The molecule has 2 aromatic carbocycles. The molecule has 0 radical (unpaired) electrons. The van der Waals surface area contributed by atoms with Crippen molar-refractivity contribution in [2.24, 2.45) is 5.92 Å². The normalized spacial score (nSPS) is 11.5. The number of anilines is 1. The van der Waals surface area contributed by atoms with Crippen LogP contribution >= 0.6 is 11.3 Å². The van der Waals surface area contributed by atoms with E-state index in [9.17, 15) is 18.4 Å². The summed E-state index contributed by atoms with van der Waals surface area (Å²) in [6.07, 6.45) is 2.79. The highest BCUT2D eigenvalue weighted by Crippen LogP contribution is 2.35. The number of carbonyl (C=O) groups is 2. The Bertz CT molecular complexity index is 1330. The van der Waals surface area contributed by atoms with Gasteiger partial charge in [0.25, 0.3) is 5.91 Å². The number of methoxy groups -OCH3 is 2. The van der Waals surface area contributed by atoms with Gasteiger partial charge in [-0.15, -0.1) is 11.3 Å². The Morgan fingerprint density at radius 2 is 1.85 bits per heavy atom. The molecule has 0 aliphatic heterocycles.